The molecule has 0 amide bonds. The van der Waals surface area contributed by atoms with Crippen molar-refractivity contribution in [1.82, 2.24) is 5.01 Å². The minimum absolute atomic E-state index is 0.0132. The van der Waals surface area contributed by atoms with Gasteiger partial charge in [-0.15, -0.1) is 0 Å². The van der Waals surface area contributed by atoms with E-state index in [-0.39, 0.29) is 12.1 Å². The highest BCUT2D eigenvalue weighted by Gasteiger charge is 2.38. The van der Waals surface area contributed by atoms with Crippen LogP contribution in [0.3, 0.4) is 0 Å². The summed E-state index contributed by atoms with van der Waals surface area (Å²) < 4.78 is 0. The van der Waals surface area contributed by atoms with Gasteiger partial charge in [0, 0.05) is 30.9 Å². The summed E-state index contributed by atoms with van der Waals surface area (Å²) in [4.78, 5) is 2.40. The molecule has 2 unspecified atom stereocenters. The molecule has 2 heterocycles. The minimum atomic E-state index is -0.0132. The van der Waals surface area contributed by atoms with Crippen LogP contribution in [-0.4, -0.2) is 30.7 Å². The van der Waals surface area contributed by atoms with Gasteiger partial charge < -0.3 is 4.90 Å². The molecule has 4 nitrogen and oxygen atoms in total. The van der Waals surface area contributed by atoms with E-state index in [0.717, 1.165) is 12.1 Å². The molecule has 0 saturated carbocycles. The van der Waals surface area contributed by atoms with Crippen LogP contribution in [-0.2, 0) is 0 Å². The maximum atomic E-state index is 4.55. The number of anilines is 1. The summed E-state index contributed by atoms with van der Waals surface area (Å²) in [5, 5.41) is 10.8. The maximum absolute atomic E-state index is 4.55. The fraction of sp³-hybridized carbons (Fsp3) is 0.478. The topological polar surface area (TPSA) is 31.2 Å². The Morgan fingerprint density at radius 2 is 1.70 bits per heavy atom. The number of fused-ring (bicyclic) bond motifs is 3. The highest BCUT2D eigenvalue weighted by molar-refractivity contribution is 5.60. The molecule has 2 aliphatic heterocycles. The largest absolute Gasteiger partial charge is 0.364 e. The van der Waals surface area contributed by atoms with E-state index >= 15 is 0 Å². The maximum Gasteiger partial charge on any atom is 0.126 e. The van der Waals surface area contributed by atoms with Crippen LogP contribution in [0, 0.1) is 0 Å². The van der Waals surface area contributed by atoms with E-state index in [1.807, 2.05) is 51.9 Å². The third-order valence-electron chi connectivity index (χ3n) is 4.70. The van der Waals surface area contributed by atoms with Crippen molar-refractivity contribution in [2.75, 3.05) is 18.5 Å². The molecule has 0 spiro atoms. The number of likely N-dealkylation sites (N-methyl/N-ethyl adjacent to an activating group) is 1. The molecule has 4 heteroatoms. The van der Waals surface area contributed by atoms with Gasteiger partial charge in [-0.1, -0.05) is 76.4 Å². The quantitative estimate of drug-likeness (QED) is 0.621. The van der Waals surface area contributed by atoms with Crippen LogP contribution in [0.2, 0.25) is 0 Å². The summed E-state index contributed by atoms with van der Waals surface area (Å²) in [5.74, 6) is 0. The van der Waals surface area contributed by atoms with Crippen LogP contribution in [0.25, 0.3) is 0 Å². The van der Waals surface area contributed by atoms with Crippen LogP contribution >= 0.6 is 0 Å². The normalized spacial score (nSPS) is 23.1. The molecule has 1 aromatic carbocycles. The molecule has 3 rings (SSSR count). The average Bonchev–Trinajstić information content (AvgIpc) is 3.07. The molecular weight excluding hydrogens is 332 g/mol. The Bertz CT molecular complexity index is 687. The summed E-state index contributed by atoms with van der Waals surface area (Å²) in [5.41, 5.74) is 4.81. The van der Waals surface area contributed by atoms with Crippen molar-refractivity contribution in [1.29, 1.82) is 0 Å². The number of hydrogen-bond acceptors (Lipinski definition) is 4. The number of rotatable bonds is 3. The summed E-state index contributed by atoms with van der Waals surface area (Å²) in [6.07, 6.45) is 3.89. The molecule has 1 aromatic rings. The molecule has 148 valence electrons. The molecule has 2 aliphatic rings. The Balaban J connectivity index is 0.000000855. The van der Waals surface area contributed by atoms with Crippen LogP contribution in [0.4, 0.5) is 5.69 Å². The van der Waals surface area contributed by atoms with Crippen molar-refractivity contribution in [2.24, 2.45) is 10.3 Å². The number of nitrogens with zero attached hydrogens (tertiary/aromatic N) is 4. The van der Waals surface area contributed by atoms with Crippen LogP contribution in [0.1, 0.15) is 53.1 Å². The van der Waals surface area contributed by atoms with Gasteiger partial charge in [-0.05, 0) is 31.1 Å². The van der Waals surface area contributed by atoms with Gasteiger partial charge in [0.1, 0.15) is 12.1 Å². The number of hydrogen-bond donors (Lipinski definition) is 0. The van der Waals surface area contributed by atoms with Gasteiger partial charge in [0.15, 0.2) is 0 Å². The third kappa shape index (κ3) is 4.49. The fourth-order valence-corrected chi connectivity index (χ4v) is 3.51. The fourth-order valence-electron chi connectivity index (χ4n) is 3.51. The van der Waals surface area contributed by atoms with Crippen molar-refractivity contribution in [3.63, 3.8) is 0 Å². The van der Waals surface area contributed by atoms with Gasteiger partial charge >= 0.3 is 0 Å². The van der Waals surface area contributed by atoms with Gasteiger partial charge in [-0.2, -0.15) is 5.11 Å². The van der Waals surface area contributed by atoms with Crippen molar-refractivity contribution in [2.45, 2.75) is 59.7 Å². The number of benzene rings is 1. The van der Waals surface area contributed by atoms with Crippen molar-refractivity contribution < 1.29 is 0 Å². The first-order chi connectivity index (χ1) is 13.1. The van der Waals surface area contributed by atoms with Gasteiger partial charge in [0.2, 0.25) is 0 Å². The highest BCUT2D eigenvalue weighted by atomic mass is 15.6. The van der Waals surface area contributed by atoms with Gasteiger partial charge in [0.25, 0.3) is 0 Å². The Kier molecular flexibility index (Phi) is 8.99. The zero-order valence-electron chi connectivity index (χ0n) is 18.1. The lowest BCUT2D eigenvalue weighted by molar-refractivity contribution is 0.305. The molecule has 0 bridgehead atoms. The lowest BCUT2D eigenvalue weighted by atomic mass is 9.87. The SMILES string of the molecule is C=C/C1=C(\C=C)C2C(N=NN2C)c2ccccc2N(C(C)C)C1.CC.CC. The van der Waals surface area contributed by atoms with Crippen LogP contribution in [0.15, 0.2) is 71.1 Å². The number of para-hydroxylation sites is 1. The summed E-state index contributed by atoms with van der Waals surface area (Å²) in [7, 11) is 1.98. The molecule has 0 aliphatic carbocycles. The molecule has 0 fully saturated rings. The monoisotopic (exact) mass is 368 g/mol. The average molecular weight is 369 g/mol. The molecule has 27 heavy (non-hydrogen) atoms. The molecule has 0 aromatic heterocycles. The first-order valence-corrected chi connectivity index (χ1v) is 10.1. The second-order valence-corrected chi connectivity index (χ2v) is 6.34. The van der Waals surface area contributed by atoms with Crippen molar-refractivity contribution in [3.8, 4) is 0 Å². The zero-order valence-corrected chi connectivity index (χ0v) is 18.1. The van der Waals surface area contributed by atoms with E-state index in [2.05, 4.69) is 66.5 Å². The van der Waals surface area contributed by atoms with E-state index in [0.29, 0.717) is 6.04 Å². The van der Waals surface area contributed by atoms with Gasteiger partial charge in [-0.3, -0.25) is 5.01 Å². The summed E-state index contributed by atoms with van der Waals surface area (Å²) >= 11 is 0. The smallest absolute Gasteiger partial charge is 0.126 e. The molecule has 0 radical (unpaired) electrons. The molecular formula is C23H36N4. The van der Waals surface area contributed by atoms with E-state index in [9.17, 15) is 0 Å². The van der Waals surface area contributed by atoms with E-state index in [1.165, 1.54) is 16.8 Å². The van der Waals surface area contributed by atoms with E-state index in [4.69, 9.17) is 0 Å². The Morgan fingerprint density at radius 1 is 1.07 bits per heavy atom. The highest BCUT2D eigenvalue weighted by Crippen LogP contribution is 2.42. The first-order valence-electron chi connectivity index (χ1n) is 10.1. The Labute approximate surface area is 166 Å². The summed E-state index contributed by atoms with van der Waals surface area (Å²) in [6.45, 7) is 21.3. The Hall–Kier alpha value is -2.36. The molecule has 2 atom stereocenters. The second kappa shape index (κ2) is 10.7. The minimum Gasteiger partial charge on any atom is -0.364 e. The molecule has 0 saturated heterocycles. The standard InChI is InChI=1S/C19H24N4.2C2H6/c1-6-14-12-23(13(3)4)17-11-9-8-10-16(17)18-19(15(14)7-2)22(5)21-20-18;2*1-2/h6-11,13,18-19H,1-2,12H2,3-5H3;2*1-2H3/b15-14-;;. The van der Waals surface area contributed by atoms with Gasteiger partial charge in [0.05, 0.1) is 0 Å². The van der Waals surface area contributed by atoms with Crippen LogP contribution in [0.5, 0.6) is 0 Å². The predicted octanol–water partition coefficient (Wildman–Crippen LogP) is 6.36. The summed E-state index contributed by atoms with van der Waals surface area (Å²) in [6, 6.07) is 8.96. The van der Waals surface area contributed by atoms with Crippen molar-refractivity contribution >= 4 is 5.69 Å². The first kappa shape index (κ1) is 22.7. The van der Waals surface area contributed by atoms with Crippen molar-refractivity contribution in [3.05, 3.63) is 66.3 Å². The van der Waals surface area contributed by atoms with E-state index < -0.39 is 0 Å². The second-order valence-electron chi connectivity index (χ2n) is 6.34. The van der Waals surface area contributed by atoms with E-state index in [1.54, 1.807) is 0 Å². The van der Waals surface area contributed by atoms with Gasteiger partial charge in [-0.25, -0.2) is 0 Å². The third-order valence-corrected chi connectivity index (χ3v) is 4.70. The van der Waals surface area contributed by atoms with Crippen LogP contribution < -0.4 is 4.90 Å². The lowest BCUT2D eigenvalue weighted by Gasteiger charge is -2.37. The molecule has 0 N–H and O–H groups in total. The Morgan fingerprint density at radius 3 is 2.26 bits per heavy atom. The zero-order chi connectivity index (χ0) is 20.6. The predicted molar refractivity (Wildman–Crippen MR) is 118 cm³/mol. The lowest BCUT2D eigenvalue weighted by Crippen LogP contribution is -2.39.